The fourth-order valence-electron chi connectivity index (χ4n) is 2.80. The predicted molar refractivity (Wildman–Crippen MR) is 79.5 cm³/mol. The number of nitrogens with one attached hydrogen (secondary N) is 1. The number of rotatable bonds is 8. The monoisotopic (exact) mass is 283 g/mol. The maximum atomic E-state index is 11.8. The minimum atomic E-state index is -0.741. The Balaban J connectivity index is 2.02. The molecule has 1 aliphatic carbocycles. The van der Waals surface area contributed by atoms with Crippen LogP contribution in [0.1, 0.15) is 71.6 Å². The van der Waals surface area contributed by atoms with Crippen molar-refractivity contribution in [2.75, 3.05) is 6.54 Å². The van der Waals surface area contributed by atoms with Gasteiger partial charge < -0.3 is 10.4 Å². The van der Waals surface area contributed by atoms with Crippen LogP contribution in [-0.2, 0) is 9.59 Å². The Bertz CT molecular complexity index is 316. The molecule has 1 rings (SSSR count). The molecule has 0 spiro atoms. The average Bonchev–Trinajstić information content (AvgIpc) is 2.36. The predicted octanol–water partition coefficient (Wildman–Crippen LogP) is 3.35. The zero-order chi connectivity index (χ0) is 15.0. The summed E-state index contributed by atoms with van der Waals surface area (Å²) in [5, 5.41) is 11.5. The lowest BCUT2D eigenvalue weighted by atomic mass is 9.72. The maximum Gasteiger partial charge on any atom is 0.303 e. The summed E-state index contributed by atoms with van der Waals surface area (Å²) >= 11 is 0. The number of carboxylic acids is 1. The number of hydrogen-bond acceptors (Lipinski definition) is 2. The van der Waals surface area contributed by atoms with E-state index in [-0.39, 0.29) is 12.3 Å². The van der Waals surface area contributed by atoms with E-state index in [4.69, 9.17) is 5.11 Å². The third-order valence-corrected chi connectivity index (χ3v) is 4.32. The van der Waals surface area contributed by atoms with Crippen molar-refractivity contribution in [1.29, 1.82) is 0 Å². The summed E-state index contributed by atoms with van der Waals surface area (Å²) < 4.78 is 0. The lowest BCUT2D eigenvalue weighted by Crippen LogP contribution is -2.29. The highest BCUT2D eigenvalue weighted by Gasteiger charge is 2.27. The molecule has 20 heavy (non-hydrogen) atoms. The van der Waals surface area contributed by atoms with Crippen LogP contribution in [0.4, 0.5) is 0 Å². The molecule has 0 radical (unpaired) electrons. The number of carboxylic acid groups (broad SMARTS) is 1. The zero-order valence-electron chi connectivity index (χ0n) is 12.9. The molecule has 0 atom stereocenters. The summed E-state index contributed by atoms with van der Waals surface area (Å²) in [5.74, 6) is -0.0303. The Hall–Kier alpha value is -1.06. The number of carbonyl (C=O) groups is 2. The summed E-state index contributed by atoms with van der Waals surface area (Å²) in [5.41, 5.74) is 0.455. The van der Waals surface area contributed by atoms with E-state index in [1.165, 1.54) is 25.7 Å². The van der Waals surface area contributed by atoms with Crippen LogP contribution in [0.2, 0.25) is 0 Å². The van der Waals surface area contributed by atoms with E-state index in [2.05, 4.69) is 19.2 Å². The quantitative estimate of drug-likeness (QED) is 0.671. The number of carbonyl (C=O) groups excluding carboxylic acids is 1. The molecule has 0 aromatic rings. The van der Waals surface area contributed by atoms with Gasteiger partial charge in [0.2, 0.25) is 5.91 Å². The molecule has 0 aromatic heterocycles. The summed E-state index contributed by atoms with van der Waals surface area (Å²) in [6, 6.07) is 0. The smallest absolute Gasteiger partial charge is 0.303 e. The molecule has 1 saturated carbocycles. The lowest BCUT2D eigenvalue weighted by Gasteiger charge is -2.34. The van der Waals surface area contributed by atoms with Crippen molar-refractivity contribution < 1.29 is 14.7 Å². The Labute approximate surface area is 122 Å². The first-order valence-electron chi connectivity index (χ1n) is 7.87. The van der Waals surface area contributed by atoms with Crippen molar-refractivity contribution in [3.63, 3.8) is 0 Å². The topological polar surface area (TPSA) is 66.4 Å². The third-order valence-electron chi connectivity index (χ3n) is 4.32. The van der Waals surface area contributed by atoms with Gasteiger partial charge in [-0.15, -0.1) is 0 Å². The van der Waals surface area contributed by atoms with Gasteiger partial charge in [-0.05, 0) is 49.9 Å². The van der Waals surface area contributed by atoms with Crippen molar-refractivity contribution in [1.82, 2.24) is 5.32 Å². The highest BCUT2D eigenvalue weighted by atomic mass is 16.4. The van der Waals surface area contributed by atoms with Gasteiger partial charge in [0.05, 0.1) is 0 Å². The summed E-state index contributed by atoms with van der Waals surface area (Å²) in [7, 11) is 0. The van der Waals surface area contributed by atoms with Crippen molar-refractivity contribution in [3.05, 3.63) is 0 Å². The maximum absolute atomic E-state index is 11.8. The highest BCUT2D eigenvalue weighted by molar-refractivity contribution is 5.76. The first kappa shape index (κ1) is 17.0. The van der Waals surface area contributed by atoms with Crippen molar-refractivity contribution in [2.24, 2.45) is 11.3 Å². The van der Waals surface area contributed by atoms with E-state index < -0.39 is 5.97 Å². The Morgan fingerprint density at radius 2 is 1.80 bits per heavy atom. The molecule has 0 unspecified atom stereocenters. The molecule has 0 aromatic carbocycles. The molecule has 1 aliphatic rings. The van der Waals surface area contributed by atoms with E-state index in [1.54, 1.807) is 0 Å². The fraction of sp³-hybridized carbons (Fsp3) is 0.875. The van der Waals surface area contributed by atoms with Gasteiger partial charge in [-0.2, -0.15) is 0 Å². The first-order valence-corrected chi connectivity index (χ1v) is 7.87. The minimum Gasteiger partial charge on any atom is -0.481 e. The molecule has 2 N–H and O–H groups in total. The summed E-state index contributed by atoms with van der Waals surface area (Å²) in [4.78, 5) is 22.1. The van der Waals surface area contributed by atoms with Crippen LogP contribution in [0.3, 0.4) is 0 Å². The van der Waals surface area contributed by atoms with E-state index in [0.29, 0.717) is 30.7 Å². The zero-order valence-corrected chi connectivity index (χ0v) is 12.9. The number of aliphatic carboxylic acids is 1. The highest BCUT2D eigenvalue weighted by Crippen LogP contribution is 2.39. The number of hydrogen-bond donors (Lipinski definition) is 2. The lowest BCUT2D eigenvalue weighted by molar-refractivity contribution is -0.137. The summed E-state index contributed by atoms with van der Waals surface area (Å²) in [6.07, 6.45) is 8.10. The van der Waals surface area contributed by atoms with E-state index >= 15 is 0 Å². The molecule has 0 saturated heterocycles. The minimum absolute atomic E-state index is 0.160. The van der Waals surface area contributed by atoms with Crippen molar-refractivity contribution >= 4 is 11.9 Å². The van der Waals surface area contributed by atoms with E-state index in [1.807, 2.05) is 0 Å². The molecular formula is C16H29NO3. The Morgan fingerprint density at radius 1 is 1.15 bits per heavy atom. The van der Waals surface area contributed by atoms with Crippen LogP contribution in [0.15, 0.2) is 0 Å². The van der Waals surface area contributed by atoms with Crippen LogP contribution < -0.4 is 5.32 Å². The van der Waals surface area contributed by atoms with Crippen LogP contribution in [-0.4, -0.2) is 23.5 Å². The molecule has 4 heteroatoms. The second-order valence-electron chi connectivity index (χ2n) is 6.87. The Morgan fingerprint density at radius 3 is 2.40 bits per heavy atom. The first-order chi connectivity index (χ1) is 9.39. The molecule has 1 fully saturated rings. The van der Waals surface area contributed by atoms with Crippen LogP contribution >= 0.6 is 0 Å². The summed E-state index contributed by atoms with van der Waals surface area (Å²) in [6.45, 7) is 5.29. The van der Waals surface area contributed by atoms with Crippen LogP contribution in [0, 0.1) is 11.3 Å². The van der Waals surface area contributed by atoms with Gasteiger partial charge in [0.1, 0.15) is 0 Å². The fourth-order valence-corrected chi connectivity index (χ4v) is 2.80. The molecule has 0 bridgehead atoms. The van der Waals surface area contributed by atoms with Crippen molar-refractivity contribution in [2.45, 2.75) is 71.6 Å². The number of amides is 1. The second-order valence-corrected chi connectivity index (χ2v) is 6.87. The van der Waals surface area contributed by atoms with Gasteiger partial charge in [-0.1, -0.05) is 20.3 Å². The van der Waals surface area contributed by atoms with E-state index in [9.17, 15) is 9.59 Å². The van der Waals surface area contributed by atoms with Gasteiger partial charge >= 0.3 is 5.97 Å². The molecule has 0 heterocycles. The van der Waals surface area contributed by atoms with Gasteiger partial charge in [-0.3, -0.25) is 9.59 Å². The number of unbranched alkanes of at least 4 members (excludes halogenated alkanes) is 2. The molecule has 1 amide bonds. The van der Waals surface area contributed by atoms with Gasteiger partial charge in [0.25, 0.3) is 0 Å². The molecule has 0 aliphatic heterocycles. The van der Waals surface area contributed by atoms with Gasteiger partial charge in [0, 0.05) is 19.4 Å². The van der Waals surface area contributed by atoms with Crippen LogP contribution in [0.5, 0.6) is 0 Å². The Kier molecular flexibility index (Phi) is 7.03. The molecule has 116 valence electrons. The SMILES string of the molecule is CC1(C)CCC(CC(=O)NCCCCCC(=O)O)CC1. The normalized spacial score (nSPS) is 18.7. The van der Waals surface area contributed by atoms with Crippen LogP contribution in [0.25, 0.3) is 0 Å². The van der Waals surface area contributed by atoms with E-state index in [0.717, 1.165) is 12.8 Å². The van der Waals surface area contributed by atoms with Gasteiger partial charge in [0.15, 0.2) is 0 Å². The molecular weight excluding hydrogens is 254 g/mol. The second kappa shape index (κ2) is 8.28. The molecule has 4 nitrogen and oxygen atoms in total. The average molecular weight is 283 g/mol. The standard InChI is InChI=1S/C16H29NO3/c1-16(2)9-7-13(8-10-16)12-14(18)17-11-5-3-4-6-15(19)20/h13H,3-12H2,1-2H3,(H,17,18)(H,19,20). The van der Waals surface area contributed by atoms with Gasteiger partial charge in [-0.25, -0.2) is 0 Å². The third kappa shape index (κ3) is 7.51. The van der Waals surface area contributed by atoms with Crippen molar-refractivity contribution in [3.8, 4) is 0 Å². The largest absolute Gasteiger partial charge is 0.481 e.